The number of cyclic esters (lactones) is 1. The summed E-state index contributed by atoms with van der Waals surface area (Å²) in [6.07, 6.45) is 21.4. The predicted molar refractivity (Wildman–Crippen MR) is 453 cm³/mol. The van der Waals surface area contributed by atoms with E-state index in [0.717, 1.165) is 27.1 Å². The number of ether oxygens (including phenoxy) is 6. The van der Waals surface area contributed by atoms with Crippen LogP contribution in [0.25, 0.3) is 44.6 Å². The molecule has 0 spiro atoms. The number of aryl methyl sites for hydroxylation is 1. The Labute approximate surface area is 709 Å². The molecule has 10 heterocycles. The van der Waals surface area contributed by atoms with E-state index in [1.807, 2.05) is 61.4 Å². The summed E-state index contributed by atoms with van der Waals surface area (Å²) in [5, 5.41) is 54.9. The van der Waals surface area contributed by atoms with Crippen LogP contribution < -0.4 is 31.9 Å². The van der Waals surface area contributed by atoms with Crippen molar-refractivity contribution >= 4 is 80.7 Å². The maximum atomic E-state index is 14.8. The van der Waals surface area contributed by atoms with Crippen molar-refractivity contribution in [3.8, 4) is 28.4 Å². The number of aromatic amines is 1. The molecule has 1 aliphatic carbocycles. The number of methoxy groups -OCH3 is 3. The summed E-state index contributed by atoms with van der Waals surface area (Å²) >= 11 is 0. The number of ketones is 3. The van der Waals surface area contributed by atoms with Crippen LogP contribution in [0.2, 0.25) is 0 Å². The number of anilines is 3. The average Bonchev–Trinajstić information content (AvgIpc) is 1.07. The molecule has 7 aromatic rings. The molecule has 2 bridgehead atoms. The molecule has 122 heavy (non-hydrogen) atoms. The van der Waals surface area contributed by atoms with Gasteiger partial charge < -0.3 is 85.5 Å². The minimum absolute atomic E-state index is 0.0168. The lowest BCUT2D eigenvalue weighted by molar-refractivity contribution is -0.265. The van der Waals surface area contributed by atoms with Crippen LogP contribution in [-0.2, 0) is 63.7 Å². The number of unbranched alkanes of at least 4 members (excludes halogenated alkanes) is 1. The van der Waals surface area contributed by atoms with E-state index in [1.165, 1.54) is 25.8 Å². The summed E-state index contributed by atoms with van der Waals surface area (Å²) < 4.78 is 39.5. The molecule has 0 unspecified atom stereocenters. The molecule has 4 aliphatic heterocycles. The van der Waals surface area contributed by atoms with Gasteiger partial charge in [-0.2, -0.15) is 5.10 Å². The van der Waals surface area contributed by atoms with Crippen molar-refractivity contribution in [1.29, 1.82) is 0 Å². The van der Waals surface area contributed by atoms with Gasteiger partial charge in [0.2, 0.25) is 23.6 Å². The second-order valence-electron chi connectivity index (χ2n) is 33.0. The Morgan fingerprint density at radius 2 is 1.54 bits per heavy atom. The molecule has 3 amide bonds. The first-order chi connectivity index (χ1) is 58.7. The van der Waals surface area contributed by atoms with E-state index in [2.05, 4.69) is 50.8 Å². The SMILES string of the molecule is CO[C@H]1C[C@@H]2CC[C@@H](C)[C@@](O)(O2)C(=O)C(=O)N2CCCC[C@H]2C(=O)O[C@H]([C@H](N)C[C@@H]2CC[C@H](n3cc(-c4cnc(N5CCN(c6ncc(C(=O)NCCOCCC(=O)NCCCCn7nc(-c8cc9cc(O)ccc9[nH]8)c8c(N)ncnc87)cn6)CC5)nc4)nn3)[C@H](OC)C2)CC(=O)[C@H](C)/C=C(\C)[C@@H](O)[C@@H](OC)C(=O)[C@H](C)C[C@H](C)/C=C/C=CC=C1C. The number of nitrogens with two attached hydrogens (primary N) is 2. The smallest absolute Gasteiger partial charge is 0.329 e. The number of carbonyl (C=O) groups excluding carboxylic acids is 7. The summed E-state index contributed by atoms with van der Waals surface area (Å²) in [5.74, 6) is -7.58. The van der Waals surface area contributed by atoms with Crippen LogP contribution in [0.5, 0.6) is 5.75 Å². The first kappa shape index (κ1) is 90.6. The highest BCUT2D eigenvalue weighted by Crippen LogP contribution is 2.40. The lowest BCUT2D eigenvalue weighted by atomic mass is 9.79. The van der Waals surface area contributed by atoms with Crippen molar-refractivity contribution in [3.05, 3.63) is 115 Å². The Balaban J connectivity index is 0.602. The minimum atomic E-state index is -2.50. The summed E-state index contributed by atoms with van der Waals surface area (Å²) in [4.78, 5) is 134. The van der Waals surface area contributed by atoms with Crippen LogP contribution >= 0.6 is 0 Å². The van der Waals surface area contributed by atoms with E-state index in [4.69, 9.17) is 55.0 Å². The van der Waals surface area contributed by atoms with Gasteiger partial charge >= 0.3 is 5.97 Å². The number of carbonyl (C=O) groups is 7. The van der Waals surface area contributed by atoms with E-state index >= 15 is 0 Å². The number of aliphatic hydroxyl groups is 2. The minimum Gasteiger partial charge on any atom is -0.508 e. The Morgan fingerprint density at radius 1 is 0.795 bits per heavy atom. The number of piperidine rings is 1. The third kappa shape index (κ3) is 22.2. The van der Waals surface area contributed by atoms with Gasteiger partial charge in [0.25, 0.3) is 17.6 Å². The standard InChI is InChI=1S/C87H117N19O16/c1-51-17-11-10-12-18-52(2)70(117-7)43-62-23-20-56(6)87(116,122-62)79(112)83(114)104-29-15-13-19-68(104)84(115)121-71(44-69(108)53(3)38-55(5)77(111)78(119-9)76(110)54(4)37-51)63(88)39-57-21-25-67(72(40-57)118-8)106-49-66(99-101-106)59-45-92-85(93-46-59)102-31-33-103(34-32-102)86-94-47-60(48-95-86)82(113)91-28-36-120-35-26-73(109)90-27-14-16-30-105-81-74(80(89)96-50-97-81)75(100-105)65-42-58-41-61(107)22-24-64(58)98-65/h10-12,17-18,22,24,38,41-42,45-51,53-54,56-57,62-63,67-68,70-72,77-78,98,107,111,116H,13-16,19-21,23,25-37,39-40,43-44,88H2,1-9H3,(H,90,109)(H,91,113)(H2,89,96,97)/b12-10?,17-11+,52-18?,55-38+/t51-,53-,54-,56-,57+,62+,63-,67+,68+,70+,71+,72-,77-,78+,87-/m1/s1. The number of nitrogens with zero attached hydrogens (tertiary/aromatic N) is 14. The molecule has 1 saturated carbocycles. The molecule has 0 radical (unpaired) electrons. The number of piperazine rings is 1. The number of phenols is 1. The zero-order valence-corrected chi connectivity index (χ0v) is 71.1. The van der Waals surface area contributed by atoms with E-state index < -0.39 is 83.8 Å². The Morgan fingerprint density at radius 3 is 2.27 bits per heavy atom. The Bertz CT molecular complexity index is 4910. The first-order valence-corrected chi connectivity index (χ1v) is 42.4. The molecule has 10 N–H and O–H groups in total. The maximum Gasteiger partial charge on any atom is 0.329 e. The molecule has 35 heteroatoms. The van der Waals surface area contributed by atoms with Crippen molar-refractivity contribution in [3.63, 3.8) is 0 Å². The normalized spacial score (nSPS) is 27.1. The van der Waals surface area contributed by atoms with Gasteiger partial charge in [0.1, 0.15) is 59.4 Å². The molecular formula is C87H117N19O16. The van der Waals surface area contributed by atoms with E-state index in [1.54, 1.807) is 87.9 Å². The van der Waals surface area contributed by atoms with Crippen LogP contribution in [0.15, 0.2) is 109 Å². The number of Topliss-reactive ketones (excluding diaryl/α,β-unsaturated/α-hetero) is 3. The number of aromatic hydroxyl groups is 1. The molecule has 1 aromatic carbocycles. The van der Waals surface area contributed by atoms with E-state index in [9.17, 15) is 48.9 Å². The number of benzene rings is 1. The molecule has 35 nitrogen and oxygen atoms in total. The second-order valence-corrected chi connectivity index (χ2v) is 33.0. The monoisotopic (exact) mass is 1680 g/mol. The fourth-order valence-electron chi connectivity index (χ4n) is 17.0. The summed E-state index contributed by atoms with van der Waals surface area (Å²) in [5.41, 5.74) is 18.9. The van der Waals surface area contributed by atoms with Gasteiger partial charge in [-0.15, -0.1) is 5.10 Å². The second kappa shape index (κ2) is 41.9. The number of hydrogen-bond acceptors (Lipinski definition) is 29. The number of nitrogen functional groups attached to an aromatic ring is 1. The fraction of sp³-hybridized carbons (Fsp3) is 0.563. The number of nitrogens with one attached hydrogen (secondary N) is 3. The van der Waals surface area contributed by atoms with Gasteiger partial charge in [-0.3, -0.25) is 28.8 Å². The quantitative estimate of drug-likeness (QED) is 0.0135. The Kier molecular flexibility index (Phi) is 31.1. The number of amides is 3. The molecule has 3 saturated heterocycles. The van der Waals surface area contributed by atoms with Crippen molar-refractivity contribution in [2.45, 2.75) is 205 Å². The zero-order chi connectivity index (χ0) is 86.9. The largest absolute Gasteiger partial charge is 0.508 e. The molecule has 5 aliphatic rings. The lowest BCUT2D eigenvalue weighted by Gasteiger charge is -2.42. The summed E-state index contributed by atoms with van der Waals surface area (Å²) in [6, 6.07) is 4.56. The van der Waals surface area contributed by atoms with Crippen molar-refractivity contribution in [2.24, 2.45) is 35.3 Å². The number of allylic oxidation sites excluding steroid dienone is 6. The lowest BCUT2D eigenvalue weighted by Crippen LogP contribution is -2.61. The molecule has 15 atom stereocenters. The molecular weight excluding hydrogens is 1570 g/mol. The van der Waals surface area contributed by atoms with Gasteiger partial charge in [0.05, 0.1) is 60.4 Å². The van der Waals surface area contributed by atoms with Gasteiger partial charge in [-0.1, -0.05) is 69.4 Å². The molecule has 6 aromatic heterocycles. The van der Waals surface area contributed by atoms with E-state index in [0.29, 0.717) is 161 Å². The van der Waals surface area contributed by atoms with Crippen LogP contribution in [0.1, 0.15) is 154 Å². The first-order valence-electron chi connectivity index (χ1n) is 42.4. The van der Waals surface area contributed by atoms with Crippen LogP contribution in [-0.4, -0.2) is 256 Å². The Hall–Kier alpha value is -10.7. The highest BCUT2D eigenvalue weighted by molar-refractivity contribution is 6.39. The van der Waals surface area contributed by atoms with Gasteiger partial charge in [0.15, 0.2) is 11.4 Å². The van der Waals surface area contributed by atoms with Crippen molar-refractivity contribution in [2.75, 3.05) is 95.9 Å². The van der Waals surface area contributed by atoms with Gasteiger partial charge in [0, 0.05) is 158 Å². The number of hydrogen-bond donors (Lipinski definition) is 8. The van der Waals surface area contributed by atoms with Gasteiger partial charge in [-0.25, -0.2) is 44.1 Å². The topological polar surface area (TPSA) is 463 Å². The van der Waals surface area contributed by atoms with Crippen LogP contribution in [0.3, 0.4) is 0 Å². The van der Waals surface area contributed by atoms with Crippen LogP contribution in [0, 0.1) is 29.6 Å². The van der Waals surface area contributed by atoms with E-state index in [-0.39, 0.29) is 111 Å². The average molecular weight is 1690 g/mol. The number of fused-ring (bicyclic) bond motifs is 5. The summed E-state index contributed by atoms with van der Waals surface area (Å²) in [6.45, 7) is 14.5. The molecule has 12 rings (SSSR count). The van der Waals surface area contributed by atoms with Crippen molar-refractivity contribution < 1.29 is 77.3 Å². The third-order valence-corrected chi connectivity index (χ3v) is 24.3. The molecule has 656 valence electrons. The number of H-pyrrole nitrogens is 1. The number of aromatic nitrogens is 12. The predicted octanol–water partition coefficient (Wildman–Crippen LogP) is 7.23. The van der Waals surface area contributed by atoms with Crippen LogP contribution in [0.4, 0.5) is 17.7 Å². The fourth-order valence-corrected chi connectivity index (χ4v) is 17.0. The zero-order valence-electron chi connectivity index (χ0n) is 71.1. The maximum absolute atomic E-state index is 14.8. The third-order valence-electron chi connectivity index (χ3n) is 24.3. The number of aliphatic hydroxyl groups excluding tert-OH is 1. The summed E-state index contributed by atoms with van der Waals surface area (Å²) in [7, 11) is 4.56. The highest BCUT2D eigenvalue weighted by atomic mass is 16.6. The van der Waals surface area contributed by atoms with Gasteiger partial charge in [-0.05, 0) is 138 Å². The number of rotatable bonds is 23. The highest BCUT2D eigenvalue weighted by Gasteiger charge is 2.53. The number of phenolic OH excluding ortho intramolecular Hbond substituents is 1. The number of esters is 1. The molecule has 4 fully saturated rings. The van der Waals surface area contributed by atoms with Crippen molar-refractivity contribution in [1.82, 2.24) is 75.2 Å².